The van der Waals surface area contributed by atoms with Crippen LogP contribution in [0, 0.1) is 0 Å². The molecule has 0 saturated carbocycles. The number of carbonyl (C=O) groups excluding carboxylic acids is 1. The Kier molecular flexibility index (Phi) is 6.42. The van der Waals surface area contributed by atoms with Crippen LogP contribution in [-0.2, 0) is 20.9 Å². The molecular weight excluding hydrogens is 318 g/mol. The van der Waals surface area contributed by atoms with Gasteiger partial charge in [-0.1, -0.05) is 23.7 Å². The van der Waals surface area contributed by atoms with Crippen molar-refractivity contribution in [3.8, 4) is 0 Å². The molecule has 0 spiro atoms. The molecular formula is C17H22ClNO4. The van der Waals surface area contributed by atoms with Crippen molar-refractivity contribution in [3.63, 3.8) is 0 Å². The quantitative estimate of drug-likeness (QED) is 0.829. The summed E-state index contributed by atoms with van der Waals surface area (Å²) in [6.07, 6.45) is 3.28. The third kappa shape index (κ3) is 5.84. The number of amides is 1. The molecule has 1 saturated heterocycles. The minimum Gasteiger partial charge on any atom is -0.480 e. The van der Waals surface area contributed by atoms with Crippen LogP contribution >= 0.6 is 11.6 Å². The minimum atomic E-state index is -1.02. The highest BCUT2D eigenvalue weighted by Crippen LogP contribution is 2.23. The molecule has 1 amide bonds. The van der Waals surface area contributed by atoms with Crippen LogP contribution in [0.4, 0.5) is 0 Å². The van der Waals surface area contributed by atoms with Gasteiger partial charge in [0, 0.05) is 18.0 Å². The largest absolute Gasteiger partial charge is 0.480 e. The number of aliphatic carboxylic acids is 1. The highest BCUT2D eigenvalue weighted by molar-refractivity contribution is 6.30. The average molecular weight is 340 g/mol. The molecule has 0 radical (unpaired) electrons. The van der Waals surface area contributed by atoms with Crippen LogP contribution in [0.2, 0.25) is 5.02 Å². The van der Waals surface area contributed by atoms with Crippen molar-refractivity contribution in [2.75, 3.05) is 6.54 Å². The van der Waals surface area contributed by atoms with Crippen molar-refractivity contribution in [3.05, 3.63) is 34.9 Å². The molecule has 1 aliphatic rings. The highest BCUT2D eigenvalue weighted by atomic mass is 35.5. The van der Waals surface area contributed by atoms with E-state index in [1.165, 1.54) is 4.90 Å². The van der Waals surface area contributed by atoms with E-state index in [1.54, 1.807) is 24.3 Å². The van der Waals surface area contributed by atoms with E-state index in [2.05, 4.69) is 0 Å². The average Bonchev–Trinajstić information content (AvgIpc) is 2.91. The number of hydrogen-bond acceptors (Lipinski definition) is 3. The summed E-state index contributed by atoms with van der Waals surface area (Å²) in [5.74, 6) is -1.18. The SMILES string of the molecule is CC1CCC(CCC(=O)N(CC(=O)O)Cc2ccc(Cl)cc2)O1. The predicted octanol–water partition coefficient (Wildman–Crippen LogP) is 3.10. The molecule has 1 aromatic carbocycles. The van der Waals surface area contributed by atoms with Crippen molar-refractivity contribution >= 4 is 23.5 Å². The van der Waals surface area contributed by atoms with Crippen molar-refractivity contribution in [1.29, 1.82) is 0 Å². The van der Waals surface area contributed by atoms with Gasteiger partial charge in [-0.25, -0.2) is 0 Å². The molecule has 2 unspecified atom stereocenters. The van der Waals surface area contributed by atoms with E-state index in [0.29, 0.717) is 17.9 Å². The van der Waals surface area contributed by atoms with Crippen LogP contribution in [0.5, 0.6) is 0 Å². The van der Waals surface area contributed by atoms with Gasteiger partial charge in [0.25, 0.3) is 0 Å². The van der Waals surface area contributed by atoms with E-state index in [0.717, 1.165) is 18.4 Å². The van der Waals surface area contributed by atoms with Gasteiger partial charge in [0.15, 0.2) is 0 Å². The van der Waals surface area contributed by atoms with Gasteiger partial charge in [0.2, 0.25) is 5.91 Å². The normalized spacial score (nSPS) is 20.4. The molecule has 6 heteroatoms. The summed E-state index contributed by atoms with van der Waals surface area (Å²) in [6.45, 7) is 1.99. The minimum absolute atomic E-state index is 0.108. The molecule has 1 aliphatic heterocycles. The molecule has 0 aliphatic carbocycles. The van der Waals surface area contributed by atoms with Gasteiger partial charge in [-0.15, -0.1) is 0 Å². The predicted molar refractivity (Wildman–Crippen MR) is 87.3 cm³/mol. The fourth-order valence-corrected chi connectivity index (χ4v) is 2.87. The van der Waals surface area contributed by atoms with Crippen molar-refractivity contribution in [1.82, 2.24) is 4.90 Å². The van der Waals surface area contributed by atoms with Crippen LogP contribution in [0.3, 0.4) is 0 Å². The molecule has 1 heterocycles. The number of halogens is 1. The standard InChI is InChI=1S/C17H22ClNO4/c1-12-2-7-15(23-12)8-9-16(20)19(11-17(21)22)10-13-3-5-14(18)6-4-13/h3-6,12,15H,2,7-11H2,1H3,(H,21,22). The van der Waals surface area contributed by atoms with Crippen LogP contribution in [-0.4, -0.2) is 40.6 Å². The first-order valence-corrected chi connectivity index (χ1v) is 8.21. The third-order valence-electron chi connectivity index (χ3n) is 3.97. The van der Waals surface area contributed by atoms with E-state index in [1.807, 2.05) is 6.92 Å². The maximum Gasteiger partial charge on any atom is 0.323 e. The molecule has 1 fully saturated rings. The van der Waals surface area contributed by atoms with Crippen LogP contribution in [0.15, 0.2) is 24.3 Å². The lowest BCUT2D eigenvalue weighted by Crippen LogP contribution is -2.35. The Morgan fingerprint density at radius 3 is 2.57 bits per heavy atom. The molecule has 0 bridgehead atoms. The second kappa shape index (κ2) is 8.31. The molecule has 2 atom stereocenters. The Hall–Kier alpha value is -1.59. The summed E-state index contributed by atoms with van der Waals surface area (Å²) in [5, 5.41) is 9.64. The summed E-state index contributed by atoms with van der Waals surface area (Å²) in [6, 6.07) is 7.06. The number of carboxylic acid groups (broad SMARTS) is 1. The van der Waals surface area contributed by atoms with Gasteiger partial charge >= 0.3 is 5.97 Å². The Balaban J connectivity index is 1.92. The van der Waals surface area contributed by atoms with Gasteiger partial charge in [0.1, 0.15) is 6.54 Å². The second-order valence-corrected chi connectivity index (χ2v) is 6.39. The second-order valence-electron chi connectivity index (χ2n) is 5.95. The number of hydrogen-bond donors (Lipinski definition) is 1. The lowest BCUT2D eigenvalue weighted by Gasteiger charge is -2.22. The maximum absolute atomic E-state index is 12.4. The third-order valence-corrected chi connectivity index (χ3v) is 4.22. The van der Waals surface area contributed by atoms with Crippen LogP contribution < -0.4 is 0 Å². The summed E-state index contributed by atoms with van der Waals surface area (Å²) in [4.78, 5) is 24.8. The molecule has 0 aromatic heterocycles. The highest BCUT2D eigenvalue weighted by Gasteiger charge is 2.24. The van der Waals surface area contributed by atoms with Gasteiger partial charge < -0.3 is 14.7 Å². The summed E-state index contributed by atoms with van der Waals surface area (Å²) in [5.41, 5.74) is 0.856. The zero-order valence-corrected chi connectivity index (χ0v) is 14.0. The van der Waals surface area contributed by atoms with Crippen LogP contribution in [0.25, 0.3) is 0 Å². The molecule has 1 N–H and O–H groups in total. The molecule has 126 valence electrons. The first-order valence-electron chi connectivity index (χ1n) is 7.83. The summed E-state index contributed by atoms with van der Waals surface area (Å²) in [7, 11) is 0. The smallest absolute Gasteiger partial charge is 0.323 e. The van der Waals surface area contributed by atoms with Crippen LogP contribution in [0.1, 0.15) is 38.2 Å². The summed E-state index contributed by atoms with van der Waals surface area (Å²) < 4.78 is 5.70. The molecule has 2 rings (SSSR count). The van der Waals surface area contributed by atoms with E-state index >= 15 is 0 Å². The van der Waals surface area contributed by atoms with Gasteiger partial charge in [-0.3, -0.25) is 9.59 Å². The number of ether oxygens (including phenoxy) is 1. The monoisotopic (exact) mass is 339 g/mol. The van der Waals surface area contributed by atoms with Crippen molar-refractivity contribution in [2.45, 2.75) is 51.4 Å². The van der Waals surface area contributed by atoms with E-state index in [9.17, 15) is 9.59 Å². The summed E-state index contributed by atoms with van der Waals surface area (Å²) >= 11 is 5.84. The van der Waals surface area contributed by atoms with Crippen molar-refractivity contribution in [2.24, 2.45) is 0 Å². The zero-order valence-electron chi connectivity index (χ0n) is 13.2. The van der Waals surface area contributed by atoms with Crippen molar-refractivity contribution < 1.29 is 19.4 Å². The molecule has 23 heavy (non-hydrogen) atoms. The number of benzene rings is 1. The number of carboxylic acids is 1. The fourth-order valence-electron chi connectivity index (χ4n) is 2.75. The van der Waals surface area contributed by atoms with Gasteiger partial charge in [-0.2, -0.15) is 0 Å². The topological polar surface area (TPSA) is 66.8 Å². The van der Waals surface area contributed by atoms with E-state index in [4.69, 9.17) is 21.4 Å². The Morgan fingerprint density at radius 1 is 1.30 bits per heavy atom. The zero-order chi connectivity index (χ0) is 16.8. The number of nitrogens with zero attached hydrogens (tertiary/aromatic N) is 1. The number of carbonyl (C=O) groups is 2. The lowest BCUT2D eigenvalue weighted by molar-refractivity contribution is -0.145. The first-order chi connectivity index (χ1) is 10.9. The fraction of sp³-hybridized carbons (Fsp3) is 0.529. The lowest BCUT2D eigenvalue weighted by atomic mass is 10.1. The first kappa shape index (κ1) is 17.8. The Labute approximate surface area is 141 Å². The van der Waals surface area contributed by atoms with E-state index in [-0.39, 0.29) is 31.2 Å². The maximum atomic E-state index is 12.4. The molecule has 1 aromatic rings. The van der Waals surface area contributed by atoms with Gasteiger partial charge in [0.05, 0.1) is 12.2 Å². The van der Waals surface area contributed by atoms with Gasteiger partial charge in [-0.05, 0) is 43.9 Å². The number of rotatable bonds is 7. The molecule has 5 nitrogen and oxygen atoms in total. The Bertz CT molecular complexity index is 546. The Morgan fingerprint density at radius 2 is 2.00 bits per heavy atom. The van der Waals surface area contributed by atoms with E-state index < -0.39 is 5.97 Å².